The minimum Gasteiger partial charge on any atom is -0.318 e. The van der Waals surface area contributed by atoms with E-state index in [0.29, 0.717) is 11.1 Å². The first-order valence-electron chi connectivity index (χ1n) is 7.44. The molecule has 0 unspecified atom stereocenters. The van der Waals surface area contributed by atoms with Gasteiger partial charge >= 0.3 is 0 Å². The van der Waals surface area contributed by atoms with Crippen molar-refractivity contribution in [1.29, 1.82) is 0 Å². The van der Waals surface area contributed by atoms with Gasteiger partial charge in [-0.2, -0.15) is 0 Å². The van der Waals surface area contributed by atoms with E-state index in [2.05, 4.69) is 24.2 Å². The fourth-order valence-electron chi connectivity index (χ4n) is 2.82. The number of nitro benzene ring substituents is 1. The molecule has 1 aliphatic heterocycles. The van der Waals surface area contributed by atoms with Gasteiger partial charge in [-0.25, -0.2) is 0 Å². The molecule has 0 amide bonds. The minimum atomic E-state index is -0.424. The predicted octanol–water partition coefficient (Wildman–Crippen LogP) is 2.89. The van der Waals surface area contributed by atoms with Crippen molar-refractivity contribution in [2.24, 2.45) is 11.3 Å². The Morgan fingerprint density at radius 1 is 1.43 bits per heavy atom. The predicted molar refractivity (Wildman–Crippen MR) is 83.8 cm³/mol. The summed E-state index contributed by atoms with van der Waals surface area (Å²) < 4.78 is 0. The van der Waals surface area contributed by atoms with Gasteiger partial charge in [0.05, 0.1) is 4.92 Å². The van der Waals surface area contributed by atoms with Crippen molar-refractivity contribution in [1.82, 2.24) is 4.90 Å². The molecule has 1 aliphatic rings. The second-order valence-corrected chi connectivity index (χ2v) is 6.19. The molecule has 3 N–H and O–H groups in total. The van der Waals surface area contributed by atoms with Crippen LogP contribution in [0.1, 0.15) is 38.7 Å². The third kappa shape index (κ3) is 3.71. The number of nitrogens with two attached hydrogens (primary N) is 1. The van der Waals surface area contributed by atoms with E-state index in [0.717, 1.165) is 25.2 Å². The van der Waals surface area contributed by atoms with Crippen LogP contribution in [0.15, 0.2) is 18.2 Å². The molecule has 0 spiro atoms. The Kier molecular flexibility index (Phi) is 4.80. The topological polar surface area (TPSA) is 84.4 Å². The van der Waals surface area contributed by atoms with E-state index in [1.807, 2.05) is 6.07 Å². The number of hydrazine groups is 1. The smallest absolute Gasteiger partial charge is 0.293 e. The number of hydrogen-bond acceptors (Lipinski definition) is 5. The lowest BCUT2D eigenvalue weighted by atomic mass is 9.78. The molecule has 0 aromatic heterocycles. The lowest BCUT2D eigenvalue weighted by molar-refractivity contribution is -0.384. The number of nitrogens with zero attached hydrogens (tertiary/aromatic N) is 2. The molecule has 0 radical (unpaired) electrons. The average molecular weight is 292 g/mol. The van der Waals surface area contributed by atoms with Gasteiger partial charge < -0.3 is 5.43 Å². The van der Waals surface area contributed by atoms with Crippen LogP contribution >= 0.6 is 0 Å². The minimum absolute atomic E-state index is 0.0125. The zero-order valence-electron chi connectivity index (χ0n) is 12.8. The summed E-state index contributed by atoms with van der Waals surface area (Å²) in [6, 6.07) is 5.10. The molecule has 0 atom stereocenters. The first-order chi connectivity index (χ1) is 9.97. The van der Waals surface area contributed by atoms with Gasteiger partial charge in [0.1, 0.15) is 5.69 Å². The number of nitro groups is 1. The van der Waals surface area contributed by atoms with Gasteiger partial charge in [0.2, 0.25) is 0 Å². The van der Waals surface area contributed by atoms with Crippen molar-refractivity contribution < 1.29 is 4.92 Å². The number of anilines is 1. The first-order valence-corrected chi connectivity index (χ1v) is 7.44. The van der Waals surface area contributed by atoms with Crippen molar-refractivity contribution in [3.8, 4) is 0 Å². The van der Waals surface area contributed by atoms with Gasteiger partial charge in [0.15, 0.2) is 0 Å². The van der Waals surface area contributed by atoms with E-state index in [1.54, 1.807) is 6.07 Å². The van der Waals surface area contributed by atoms with Crippen molar-refractivity contribution in [2.75, 3.05) is 18.5 Å². The largest absolute Gasteiger partial charge is 0.318 e. The van der Waals surface area contributed by atoms with E-state index < -0.39 is 4.92 Å². The Labute approximate surface area is 125 Å². The average Bonchev–Trinajstić information content (AvgIpc) is 2.49. The highest BCUT2D eigenvalue weighted by Gasteiger charge is 2.28. The normalized spacial score (nSPS) is 18.4. The van der Waals surface area contributed by atoms with Crippen LogP contribution in [0, 0.1) is 15.5 Å². The third-order valence-corrected chi connectivity index (χ3v) is 4.74. The van der Waals surface area contributed by atoms with E-state index in [1.165, 1.54) is 25.3 Å². The van der Waals surface area contributed by atoms with Crippen molar-refractivity contribution in [3.05, 3.63) is 33.9 Å². The number of piperidine rings is 1. The van der Waals surface area contributed by atoms with Crippen molar-refractivity contribution in [2.45, 2.75) is 39.7 Å². The highest BCUT2D eigenvalue weighted by atomic mass is 16.6. The summed E-state index contributed by atoms with van der Waals surface area (Å²) in [5, 5.41) is 10.9. The standard InChI is InChI=1S/C15H24N4O2/c1-3-15(2)6-8-18(9-7-15)11-12-4-5-14(19(20)21)13(10-12)17-16/h4-5,10,17H,3,6-9,11,16H2,1-2H3. The molecule has 6 nitrogen and oxygen atoms in total. The summed E-state index contributed by atoms with van der Waals surface area (Å²) in [6.07, 6.45) is 3.64. The zero-order chi connectivity index (χ0) is 15.5. The molecule has 1 heterocycles. The number of likely N-dealkylation sites (tertiary alicyclic amines) is 1. The van der Waals surface area contributed by atoms with Crippen LogP contribution in [0.2, 0.25) is 0 Å². The van der Waals surface area contributed by atoms with Crippen LogP contribution in [0.5, 0.6) is 0 Å². The lowest BCUT2D eigenvalue weighted by Crippen LogP contribution is -2.37. The number of nitrogen functional groups attached to an aromatic ring is 1. The van der Waals surface area contributed by atoms with E-state index in [9.17, 15) is 10.1 Å². The van der Waals surface area contributed by atoms with Crippen LogP contribution in [-0.4, -0.2) is 22.9 Å². The molecular formula is C15H24N4O2. The summed E-state index contributed by atoms with van der Waals surface area (Å²) in [4.78, 5) is 12.9. The quantitative estimate of drug-likeness (QED) is 0.495. The molecule has 1 aromatic carbocycles. The van der Waals surface area contributed by atoms with Crippen LogP contribution < -0.4 is 11.3 Å². The Bertz CT molecular complexity index is 510. The maximum atomic E-state index is 10.9. The second-order valence-electron chi connectivity index (χ2n) is 6.19. The fourth-order valence-corrected chi connectivity index (χ4v) is 2.82. The van der Waals surface area contributed by atoms with E-state index >= 15 is 0 Å². The van der Waals surface area contributed by atoms with Gasteiger partial charge in [-0.1, -0.05) is 26.3 Å². The number of benzene rings is 1. The van der Waals surface area contributed by atoms with E-state index in [-0.39, 0.29) is 5.69 Å². The molecule has 116 valence electrons. The van der Waals surface area contributed by atoms with E-state index in [4.69, 9.17) is 5.84 Å². The maximum absolute atomic E-state index is 10.9. The number of rotatable bonds is 5. The molecule has 1 fully saturated rings. The molecule has 0 aliphatic carbocycles. The molecule has 2 rings (SSSR count). The van der Waals surface area contributed by atoms with Gasteiger partial charge in [0.25, 0.3) is 5.69 Å². The molecular weight excluding hydrogens is 268 g/mol. The summed E-state index contributed by atoms with van der Waals surface area (Å²) in [7, 11) is 0. The number of hydrogen-bond donors (Lipinski definition) is 2. The number of nitrogens with one attached hydrogen (secondary N) is 1. The van der Waals surface area contributed by atoms with Gasteiger partial charge in [0, 0.05) is 12.6 Å². The summed E-state index contributed by atoms with van der Waals surface area (Å²) >= 11 is 0. The molecule has 1 saturated heterocycles. The second kappa shape index (κ2) is 6.41. The van der Waals surface area contributed by atoms with Crippen LogP contribution in [0.25, 0.3) is 0 Å². The third-order valence-electron chi connectivity index (χ3n) is 4.74. The van der Waals surface area contributed by atoms with Crippen LogP contribution in [-0.2, 0) is 6.54 Å². The first kappa shape index (κ1) is 15.7. The van der Waals surface area contributed by atoms with Gasteiger partial charge in [-0.3, -0.25) is 20.9 Å². The Morgan fingerprint density at radius 3 is 2.62 bits per heavy atom. The van der Waals surface area contributed by atoms with Gasteiger partial charge in [-0.15, -0.1) is 0 Å². The molecule has 0 saturated carbocycles. The highest BCUT2D eigenvalue weighted by molar-refractivity contribution is 5.62. The van der Waals surface area contributed by atoms with Crippen LogP contribution in [0.3, 0.4) is 0 Å². The monoisotopic (exact) mass is 292 g/mol. The molecule has 21 heavy (non-hydrogen) atoms. The molecule has 0 bridgehead atoms. The Balaban J connectivity index is 2.03. The van der Waals surface area contributed by atoms with Crippen LogP contribution in [0.4, 0.5) is 11.4 Å². The molecule has 6 heteroatoms. The maximum Gasteiger partial charge on any atom is 0.293 e. The van der Waals surface area contributed by atoms with Crippen molar-refractivity contribution >= 4 is 11.4 Å². The summed E-state index contributed by atoms with van der Waals surface area (Å²) in [5.41, 5.74) is 4.32. The fraction of sp³-hybridized carbons (Fsp3) is 0.600. The Hall–Kier alpha value is -1.66. The molecule has 1 aromatic rings. The summed E-state index contributed by atoms with van der Waals surface area (Å²) in [6.45, 7) is 7.57. The highest BCUT2D eigenvalue weighted by Crippen LogP contribution is 2.34. The summed E-state index contributed by atoms with van der Waals surface area (Å²) in [5.74, 6) is 5.38. The van der Waals surface area contributed by atoms with Crippen molar-refractivity contribution in [3.63, 3.8) is 0 Å². The van der Waals surface area contributed by atoms with Gasteiger partial charge in [-0.05, 0) is 43.0 Å². The Morgan fingerprint density at radius 2 is 2.10 bits per heavy atom. The SMILES string of the molecule is CCC1(C)CCN(Cc2ccc([N+](=O)[O-])c(NN)c2)CC1. The zero-order valence-corrected chi connectivity index (χ0v) is 12.8. The lowest BCUT2D eigenvalue weighted by Gasteiger charge is -2.39.